The van der Waals surface area contributed by atoms with Gasteiger partial charge in [-0.25, -0.2) is 0 Å². The van der Waals surface area contributed by atoms with Gasteiger partial charge in [0.05, 0.1) is 17.8 Å². The van der Waals surface area contributed by atoms with Crippen LogP contribution in [0.1, 0.15) is 31.9 Å². The van der Waals surface area contributed by atoms with Crippen molar-refractivity contribution in [1.29, 1.82) is 0 Å². The molecule has 5 heteroatoms. The molecule has 1 aromatic rings. The Morgan fingerprint density at radius 2 is 2.00 bits per heavy atom. The van der Waals surface area contributed by atoms with E-state index in [1.165, 1.54) is 0 Å². The van der Waals surface area contributed by atoms with Crippen molar-refractivity contribution < 1.29 is 14.7 Å². The lowest BCUT2D eigenvalue weighted by Crippen LogP contribution is -2.23. The molecule has 0 fully saturated rings. The fraction of sp³-hybridized carbons (Fsp3) is 0.500. The molecule has 5 nitrogen and oxygen atoms in total. The van der Waals surface area contributed by atoms with Crippen LogP contribution >= 0.6 is 0 Å². The van der Waals surface area contributed by atoms with Crippen LogP contribution < -0.4 is 10.5 Å². The van der Waals surface area contributed by atoms with Gasteiger partial charge in [0.25, 0.3) is 0 Å². The molecule has 106 valence electrons. The van der Waals surface area contributed by atoms with E-state index in [2.05, 4.69) is 5.16 Å². The van der Waals surface area contributed by atoms with E-state index in [9.17, 15) is 0 Å². The second-order valence-corrected chi connectivity index (χ2v) is 5.29. The van der Waals surface area contributed by atoms with Gasteiger partial charge in [0, 0.05) is 0 Å². The molecule has 0 aromatic heterocycles. The van der Waals surface area contributed by atoms with Crippen molar-refractivity contribution in [3.8, 4) is 5.75 Å². The number of nitrogens with two attached hydrogens (primary N) is 1. The predicted molar refractivity (Wildman–Crippen MR) is 74.9 cm³/mol. The molecule has 1 aromatic carbocycles. The van der Waals surface area contributed by atoms with Crippen molar-refractivity contribution in [2.75, 3.05) is 13.2 Å². The van der Waals surface area contributed by atoms with E-state index in [4.69, 9.17) is 20.4 Å². The molecule has 0 amide bonds. The molecule has 0 saturated heterocycles. The molecular formula is C14H22N2O3. The zero-order valence-electron chi connectivity index (χ0n) is 11.9. The minimum absolute atomic E-state index is 0.0374. The molecule has 1 rings (SSSR count). The highest BCUT2D eigenvalue weighted by Crippen LogP contribution is 2.20. The third kappa shape index (κ3) is 5.18. The summed E-state index contributed by atoms with van der Waals surface area (Å²) in [6.07, 6.45) is 0. The first-order chi connectivity index (χ1) is 8.83. The number of amidine groups is 1. The summed E-state index contributed by atoms with van der Waals surface area (Å²) in [7, 11) is 0. The van der Waals surface area contributed by atoms with E-state index in [0.29, 0.717) is 24.5 Å². The van der Waals surface area contributed by atoms with E-state index in [1.807, 2.05) is 39.8 Å². The number of nitrogens with zero attached hydrogens (tertiary/aromatic N) is 1. The average Bonchev–Trinajstić information content (AvgIpc) is 2.33. The Kier molecular flexibility index (Phi) is 5.18. The lowest BCUT2D eigenvalue weighted by atomic mass is 10.1. The van der Waals surface area contributed by atoms with Crippen LogP contribution in [0, 0.1) is 6.92 Å². The fourth-order valence-corrected chi connectivity index (χ4v) is 1.52. The van der Waals surface area contributed by atoms with Gasteiger partial charge in [0.2, 0.25) is 0 Å². The van der Waals surface area contributed by atoms with Crippen LogP contribution in [0.15, 0.2) is 23.4 Å². The fourth-order valence-electron chi connectivity index (χ4n) is 1.52. The van der Waals surface area contributed by atoms with E-state index in [-0.39, 0.29) is 11.4 Å². The lowest BCUT2D eigenvalue weighted by Gasteiger charge is -2.20. The van der Waals surface area contributed by atoms with Gasteiger partial charge in [-0.05, 0) is 39.8 Å². The Morgan fingerprint density at radius 3 is 2.58 bits per heavy atom. The van der Waals surface area contributed by atoms with Gasteiger partial charge in [-0.3, -0.25) is 0 Å². The SMILES string of the molecule is Cc1ccc(OCCOC(C)(C)C)c(/C(N)=N/O)c1. The van der Waals surface area contributed by atoms with E-state index in [0.717, 1.165) is 5.56 Å². The van der Waals surface area contributed by atoms with Gasteiger partial charge < -0.3 is 20.4 Å². The van der Waals surface area contributed by atoms with Crippen molar-refractivity contribution in [3.05, 3.63) is 29.3 Å². The summed E-state index contributed by atoms with van der Waals surface area (Å²) in [4.78, 5) is 0. The molecule has 0 aliphatic carbocycles. The minimum Gasteiger partial charge on any atom is -0.490 e. The second-order valence-electron chi connectivity index (χ2n) is 5.29. The summed E-state index contributed by atoms with van der Waals surface area (Å²) in [5, 5.41) is 11.8. The highest BCUT2D eigenvalue weighted by atomic mass is 16.5. The van der Waals surface area contributed by atoms with Crippen molar-refractivity contribution in [3.63, 3.8) is 0 Å². The van der Waals surface area contributed by atoms with Gasteiger partial charge in [-0.2, -0.15) is 0 Å². The van der Waals surface area contributed by atoms with Gasteiger partial charge in [0.15, 0.2) is 5.84 Å². The molecular weight excluding hydrogens is 244 g/mol. The maximum absolute atomic E-state index is 8.76. The Balaban J connectivity index is 2.68. The van der Waals surface area contributed by atoms with Crippen LogP contribution in [0.5, 0.6) is 5.75 Å². The zero-order valence-corrected chi connectivity index (χ0v) is 11.9. The molecule has 0 aliphatic heterocycles. The lowest BCUT2D eigenvalue weighted by molar-refractivity contribution is -0.0163. The third-order valence-electron chi connectivity index (χ3n) is 2.39. The number of rotatable bonds is 5. The largest absolute Gasteiger partial charge is 0.490 e. The number of benzene rings is 1. The molecule has 0 saturated carbocycles. The number of ether oxygens (including phenoxy) is 2. The van der Waals surface area contributed by atoms with Gasteiger partial charge >= 0.3 is 0 Å². The van der Waals surface area contributed by atoms with Gasteiger partial charge in [0.1, 0.15) is 12.4 Å². The number of oxime groups is 1. The monoisotopic (exact) mass is 266 g/mol. The Morgan fingerprint density at radius 1 is 1.32 bits per heavy atom. The molecule has 0 aliphatic rings. The quantitative estimate of drug-likeness (QED) is 0.282. The number of aryl methyl sites for hydroxylation is 1. The van der Waals surface area contributed by atoms with E-state index in [1.54, 1.807) is 6.07 Å². The molecule has 0 radical (unpaired) electrons. The highest BCUT2D eigenvalue weighted by molar-refractivity contribution is 5.99. The Bertz CT molecular complexity index is 450. The van der Waals surface area contributed by atoms with Crippen LogP contribution in [0.25, 0.3) is 0 Å². The normalized spacial score (nSPS) is 12.5. The van der Waals surface area contributed by atoms with E-state index >= 15 is 0 Å². The standard InChI is InChI=1S/C14H22N2O3/c1-10-5-6-12(11(9-10)13(15)16-17)18-7-8-19-14(2,3)4/h5-6,9,17H,7-8H2,1-4H3,(H2,15,16). The maximum Gasteiger partial charge on any atom is 0.173 e. The summed E-state index contributed by atoms with van der Waals surface area (Å²) in [6.45, 7) is 8.78. The topological polar surface area (TPSA) is 77.1 Å². The molecule has 3 N–H and O–H groups in total. The molecule has 0 spiro atoms. The summed E-state index contributed by atoms with van der Waals surface area (Å²) >= 11 is 0. The van der Waals surface area contributed by atoms with Crippen molar-refractivity contribution >= 4 is 5.84 Å². The average molecular weight is 266 g/mol. The minimum atomic E-state index is -0.189. The molecule has 19 heavy (non-hydrogen) atoms. The van der Waals surface area contributed by atoms with Crippen molar-refractivity contribution in [2.24, 2.45) is 10.9 Å². The third-order valence-corrected chi connectivity index (χ3v) is 2.39. The Labute approximate surface area is 114 Å². The maximum atomic E-state index is 8.76. The van der Waals surface area contributed by atoms with Crippen LogP contribution in [-0.4, -0.2) is 29.9 Å². The van der Waals surface area contributed by atoms with Crippen molar-refractivity contribution in [1.82, 2.24) is 0 Å². The second kappa shape index (κ2) is 6.43. The molecule has 0 bridgehead atoms. The molecule has 0 atom stereocenters. The summed E-state index contributed by atoms with van der Waals surface area (Å²) in [6, 6.07) is 5.53. The predicted octanol–water partition coefficient (Wildman–Crippen LogP) is 2.28. The number of hydrogen-bond acceptors (Lipinski definition) is 4. The Hall–Kier alpha value is -1.75. The summed E-state index contributed by atoms with van der Waals surface area (Å²) < 4.78 is 11.2. The first-order valence-electron chi connectivity index (χ1n) is 6.19. The first-order valence-corrected chi connectivity index (χ1v) is 6.19. The summed E-state index contributed by atoms with van der Waals surface area (Å²) in [5.41, 5.74) is 7.03. The van der Waals surface area contributed by atoms with Crippen LogP contribution in [0.3, 0.4) is 0 Å². The van der Waals surface area contributed by atoms with Crippen LogP contribution in [0.2, 0.25) is 0 Å². The molecule has 0 unspecified atom stereocenters. The smallest absolute Gasteiger partial charge is 0.173 e. The van der Waals surface area contributed by atoms with Gasteiger partial charge in [-0.1, -0.05) is 16.8 Å². The number of hydrogen-bond donors (Lipinski definition) is 2. The zero-order chi connectivity index (χ0) is 14.5. The van der Waals surface area contributed by atoms with Gasteiger partial charge in [-0.15, -0.1) is 0 Å². The van der Waals surface area contributed by atoms with E-state index < -0.39 is 0 Å². The van der Waals surface area contributed by atoms with Crippen LogP contribution in [-0.2, 0) is 4.74 Å². The molecule has 0 heterocycles. The van der Waals surface area contributed by atoms with Crippen LogP contribution in [0.4, 0.5) is 0 Å². The summed E-state index contributed by atoms with van der Waals surface area (Å²) in [5.74, 6) is 0.619. The first kappa shape index (κ1) is 15.3. The highest BCUT2D eigenvalue weighted by Gasteiger charge is 2.11. The van der Waals surface area contributed by atoms with Crippen molar-refractivity contribution in [2.45, 2.75) is 33.3 Å².